The molecule has 0 saturated carbocycles. The maximum Gasteiger partial charge on any atom is 0.198 e. The number of aromatic nitrogens is 7. The number of rotatable bonds is 10. The number of benzene rings is 3. The first-order chi connectivity index (χ1) is 27.9. The average molecular weight is 766 g/mol. The molecule has 0 atom stereocenters. The Morgan fingerprint density at radius 1 is 0.667 bits per heavy atom. The minimum absolute atomic E-state index is 0.102. The maximum atomic E-state index is 11.5. The Hall–Kier alpha value is -6.78. The molecule has 0 aliphatic carbocycles. The number of para-hydroxylation sites is 3. The summed E-state index contributed by atoms with van der Waals surface area (Å²) in [5.41, 5.74) is 20.1. The van der Waals surface area contributed by atoms with Crippen molar-refractivity contribution in [3.63, 3.8) is 0 Å². The monoisotopic (exact) mass is 765 g/mol. The second-order valence-corrected chi connectivity index (χ2v) is 14.5. The standard InChI is InChI=1S/C41H43N13O3/c42-40-35(21-32(46-49-40)29-8-2-4-11-37(29)55)53-16-12-51(13-17-53)23-27-25-57-38(44-27)20-26-6-5-9-30(39(26)56)33-22-36(41(43)50-47-33)54-18-14-52(15-19-54)24-34-28-7-1-3-10-31(28)45-48-34/h1-11,21-22,25,55-56H,12-20,23-24H2,(H2,42,49)(H2,43,50)(H,45,48). The van der Waals surface area contributed by atoms with Crippen molar-refractivity contribution in [2.75, 3.05) is 73.6 Å². The van der Waals surface area contributed by atoms with Gasteiger partial charge >= 0.3 is 0 Å². The van der Waals surface area contributed by atoms with Crippen molar-refractivity contribution in [3.05, 3.63) is 108 Å². The minimum Gasteiger partial charge on any atom is -0.507 e. The summed E-state index contributed by atoms with van der Waals surface area (Å²) in [7, 11) is 0. The minimum atomic E-state index is 0.102. The molecule has 16 heteroatoms. The zero-order chi connectivity index (χ0) is 38.9. The van der Waals surface area contributed by atoms with Gasteiger partial charge in [0.2, 0.25) is 0 Å². The van der Waals surface area contributed by atoms with E-state index in [4.69, 9.17) is 20.9 Å². The molecule has 0 spiro atoms. The van der Waals surface area contributed by atoms with Gasteiger partial charge in [0.05, 0.1) is 46.1 Å². The van der Waals surface area contributed by atoms with E-state index in [2.05, 4.69) is 56.3 Å². The first-order valence-corrected chi connectivity index (χ1v) is 19.0. The van der Waals surface area contributed by atoms with Crippen molar-refractivity contribution in [1.82, 2.24) is 45.4 Å². The average Bonchev–Trinajstić information content (AvgIpc) is 3.86. The highest BCUT2D eigenvalue weighted by atomic mass is 16.3. The third-order valence-electron chi connectivity index (χ3n) is 10.9. The van der Waals surface area contributed by atoms with Crippen LogP contribution in [0.1, 0.15) is 22.8 Å². The number of oxazole rings is 1. The van der Waals surface area contributed by atoms with Gasteiger partial charge in [-0.2, -0.15) is 5.10 Å². The number of phenolic OH excluding ortho intramolecular Hbond substituents is 2. The Labute approximate surface area is 328 Å². The molecule has 0 bridgehead atoms. The Bertz CT molecular complexity index is 2520. The molecule has 0 radical (unpaired) electrons. The van der Waals surface area contributed by atoms with Gasteiger partial charge in [0.25, 0.3) is 0 Å². The fraction of sp³-hybridized carbons (Fsp3) is 0.268. The Morgan fingerprint density at radius 2 is 1.28 bits per heavy atom. The highest BCUT2D eigenvalue weighted by molar-refractivity contribution is 5.81. The molecular weight excluding hydrogens is 723 g/mol. The summed E-state index contributed by atoms with van der Waals surface area (Å²) in [5.74, 6) is 1.46. The van der Waals surface area contributed by atoms with Crippen molar-refractivity contribution in [2.24, 2.45) is 0 Å². The Kier molecular flexibility index (Phi) is 9.69. The van der Waals surface area contributed by atoms with Crippen molar-refractivity contribution >= 4 is 33.9 Å². The van der Waals surface area contributed by atoms with Crippen molar-refractivity contribution in [3.8, 4) is 34.0 Å². The van der Waals surface area contributed by atoms with Crippen LogP contribution in [0, 0.1) is 0 Å². The second-order valence-electron chi connectivity index (χ2n) is 14.5. The largest absolute Gasteiger partial charge is 0.507 e. The third kappa shape index (κ3) is 7.47. The quantitative estimate of drug-likeness (QED) is 0.132. The summed E-state index contributed by atoms with van der Waals surface area (Å²) >= 11 is 0. The number of hydrogen-bond acceptors (Lipinski definition) is 15. The van der Waals surface area contributed by atoms with Gasteiger partial charge in [-0.1, -0.05) is 42.5 Å². The van der Waals surface area contributed by atoms with Crippen LogP contribution in [0.3, 0.4) is 0 Å². The van der Waals surface area contributed by atoms with E-state index < -0.39 is 0 Å². The molecule has 290 valence electrons. The number of phenols is 2. The lowest BCUT2D eigenvalue weighted by atomic mass is 10.0. The van der Waals surface area contributed by atoms with E-state index in [1.807, 2.05) is 54.6 Å². The molecule has 7 N–H and O–H groups in total. The van der Waals surface area contributed by atoms with Crippen LogP contribution in [0.4, 0.5) is 23.0 Å². The van der Waals surface area contributed by atoms with Crippen molar-refractivity contribution < 1.29 is 14.6 Å². The van der Waals surface area contributed by atoms with Gasteiger partial charge in [-0.05, 0) is 36.4 Å². The van der Waals surface area contributed by atoms with Crippen LogP contribution in [0.15, 0.2) is 89.5 Å². The van der Waals surface area contributed by atoms with Gasteiger partial charge in [0.1, 0.15) is 17.8 Å². The lowest BCUT2D eigenvalue weighted by Gasteiger charge is -2.36. The first-order valence-electron chi connectivity index (χ1n) is 19.0. The second kappa shape index (κ2) is 15.4. The number of hydrogen-bond donors (Lipinski definition) is 5. The summed E-state index contributed by atoms with van der Waals surface area (Å²) in [5, 5.41) is 47.6. The van der Waals surface area contributed by atoms with Gasteiger partial charge < -0.3 is 35.9 Å². The molecule has 0 unspecified atom stereocenters. The molecule has 4 aromatic heterocycles. The van der Waals surface area contributed by atoms with Crippen LogP contribution in [0.5, 0.6) is 11.5 Å². The number of aromatic hydroxyl groups is 2. The fourth-order valence-corrected chi connectivity index (χ4v) is 7.73. The van der Waals surface area contributed by atoms with Gasteiger partial charge in [-0.25, -0.2) is 4.98 Å². The molecule has 2 saturated heterocycles. The molecule has 6 heterocycles. The summed E-state index contributed by atoms with van der Waals surface area (Å²) in [6, 6.07) is 24.6. The Balaban J connectivity index is 0.815. The van der Waals surface area contributed by atoms with E-state index in [-0.39, 0.29) is 11.5 Å². The number of H-pyrrole nitrogens is 1. The van der Waals surface area contributed by atoms with E-state index in [1.54, 1.807) is 24.5 Å². The molecule has 7 aromatic rings. The SMILES string of the molecule is Nc1nnc(-c2ccccc2O)cc1N1CCN(Cc2coc(Cc3cccc(-c4cc(N5CCN(Cc6[nH]nc7ccccc67)CC5)c(N)nn4)c3O)n2)CC1. The lowest BCUT2D eigenvalue weighted by Crippen LogP contribution is -2.46. The number of nitrogens with one attached hydrogen (secondary N) is 1. The molecular formula is C41H43N13O3. The van der Waals surface area contributed by atoms with Gasteiger partial charge in [-0.3, -0.25) is 14.9 Å². The fourth-order valence-electron chi connectivity index (χ4n) is 7.73. The lowest BCUT2D eigenvalue weighted by molar-refractivity contribution is 0.247. The number of aromatic amines is 1. The number of anilines is 4. The smallest absolute Gasteiger partial charge is 0.198 e. The van der Waals surface area contributed by atoms with Crippen molar-refractivity contribution in [1.29, 1.82) is 0 Å². The maximum absolute atomic E-state index is 11.5. The molecule has 16 nitrogen and oxygen atoms in total. The number of nitrogens with zero attached hydrogens (tertiary/aromatic N) is 10. The predicted molar refractivity (Wildman–Crippen MR) is 217 cm³/mol. The van der Waals surface area contributed by atoms with E-state index >= 15 is 0 Å². The summed E-state index contributed by atoms with van der Waals surface area (Å²) < 4.78 is 5.89. The summed E-state index contributed by atoms with van der Waals surface area (Å²) in [6.07, 6.45) is 1.99. The zero-order valence-corrected chi connectivity index (χ0v) is 31.3. The third-order valence-corrected chi connectivity index (χ3v) is 10.9. The number of nitrogen functional groups attached to an aromatic ring is 2. The summed E-state index contributed by atoms with van der Waals surface area (Å²) in [4.78, 5) is 13.9. The van der Waals surface area contributed by atoms with E-state index in [0.29, 0.717) is 58.6 Å². The van der Waals surface area contributed by atoms with Gasteiger partial charge in [0, 0.05) is 87.5 Å². The van der Waals surface area contributed by atoms with Crippen molar-refractivity contribution in [2.45, 2.75) is 19.5 Å². The van der Waals surface area contributed by atoms with E-state index in [0.717, 1.165) is 92.6 Å². The van der Waals surface area contributed by atoms with Crippen LogP contribution in [0.2, 0.25) is 0 Å². The summed E-state index contributed by atoms with van der Waals surface area (Å²) in [6.45, 7) is 7.68. The Morgan fingerprint density at radius 3 is 1.98 bits per heavy atom. The van der Waals surface area contributed by atoms with Gasteiger partial charge in [-0.15, -0.1) is 20.4 Å². The van der Waals surface area contributed by atoms with Crippen LogP contribution in [0.25, 0.3) is 33.4 Å². The number of piperazine rings is 2. The molecule has 9 rings (SSSR count). The predicted octanol–water partition coefficient (Wildman–Crippen LogP) is 4.28. The topological polar surface area (TPSA) is 212 Å². The van der Waals surface area contributed by atoms with Crippen LogP contribution < -0.4 is 21.3 Å². The zero-order valence-electron chi connectivity index (χ0n) is 31.3. The molecule has 57 heavy (non-hydrogen) atoms. The van der Waals surface area contributed by atoms with Crippen LogP contribution in [-0.4, -0.2) is 108 Å². The van der Waals surface area contributed by atoms with E-state index in [1.165, 1.54) is 0 Å². The molecule has 2 aliphatic heterocycles. The van der Waals surface area contributed by atoms with E-state index in [9.17, 15) is 10.2 Å². The first kappa shape index (κ1) is 35.9. The molecule has 2 aliphatic rings. The normalized spacial score (nSPS) is 15.4. The highest BCUT2D eigenvalue weighted by Crippen LogP contribution is 2.36. The molecule has 3 aromatic carbocycles. The molecule has 2 fully saturated rings. The number of nitrogens with two attached hydrogens (primary N) is 2. The molecule has 0 amide bonds. The number of fused-ring (bicyclic) bond motifs is 1. The van der Waals surface area contributed by atoms with Gasteiger partial charge in [0.15, 0.2) is 17.5 Å². The van der Waals surface area contributed by atoms with Crippen LogP contribution >= 0.6 is 0 Å². The highest BCUT2D eigenvalue weighted by Gasteiger charge is 2.24. The van der Waals surface area contributed by atoms with Crippen LogP contribution in [-0.2, 0) is 19.5 Å².